The second-order valence-electron chi connectivity index (χ2n) is 3.68. The second-order valence-corrected chi connectivity index (χ2v) is 4.76. The third-order valence-electron chi connectivity index (χ3n) is 2.42. The van der Waals surface area contributed by atoms with E-state index in [2.05, 4.69) is 0 Å². The molecular formula is C13H11FOS. The van der Waals surface area contributed by atoms with Crippen molar-refractivity contribution in [3.05, 3.63) is 46.6 Å². The maximum Gasteiger partial charge on any atom is 0.169 e. The van der Waals surface area contributed by atoms with Crippen molar-refractivity contribution in [2.24, 2.45) is 0 Å². The molecule has 2 aromatic rings. The molecule has 0 fully saturated rings. The number of hydrogen-bond acceptors (Lipinski definition) is 2. The van der Waals surface area contributed by atoms with E-state index < -0.39 is 0 Å². The number of halogens is 1. The van der Waals surface area contributed by atoms with E-state index in [0.717, 1.165) is 16.0 Å². The third-order valence-corrected chi connectivity index (χ3v) is 3.64. The van der Waals surface area contributed by atoms with Gasteiger partial charge in [0.15, 0.2) is 5.78 Å². The van der Waals surface area contributed by atoms with Crippen LogP contribution in [0, 0.1) is 12.7 Å². The number of aryl methyl sites for hydroxylation is 1. The Balaban J connectivity index is 2.50. The molecule has 82 valence electrons. The van der Waals surface area contributed by atoms with Gasteiger partial charge in [-0.1, -0.05) is 6.07 Å². The van der Waals surface area contributed by atoms with Gasteiger partial charge >= 0.3 is 0 Å². The molecule has 0 bridgehead atoms. The zero-order valence-corrected chi connectivity index (χ0v) is 9.90. The normalized spacial score (nSPS) is 10.4. The van der Waals surface area contributed by atoms with Crippen LogP contribution in [-0.2, 0) is 0 Å². The largest absolute Gasteiger partial charge is 0.294 e. The molecule has 0 saturated heterocycles. The zero-order chi connectivity index (χ0) is 11.7. The van der Waals surface area contributed by atoms with Crippen molar-refractivity contribution in [2.75, 3.05) is 0 Å². The summed E-state index contributed by atoms with van der Waals surface area (Å²) in [4.78, 5) is 12.8. The van der Waals surface area contributed by atoms with Gasteiger partial charge in [-0.3, -0.25) is 4.79 Å². The SMILES string of the molecule is CC(=O)c1ccc(-c2cc(F)ccc2C)s1. The number of Topliss-reactive ketones (excluding diaryl/α,β-unsaturated/α-hetero) is 1. The van der Waals surface area contributed by atoms with E-state index in [0.29, 0.717) is 4.88 Å². The van der Waals surface area contributed by atoms with E-state index in [1.54, 1.807) is 12.1 Å². The molecule has 0 aliphatic rings. The average molecular weight is 234 g/mol. The van der Waals surface area contributed by atoms with Gasteiger partial charge in [0.25, 0.3) is 0 Å². The first-order valence-electron chi connectivity index (χ1n) is 4.95. The van der Waals surface area contributed by atoms with Crippen LogP contribution in [0.4, 0.5) is 4.39 Å². The van der Waals surface area contributed by atoms with Crippen LogP contribution in [0.25, 0.3) is 10.4 Å². The summed E-state index contributed by atoms with van der Waals surface area (Å²) in [6.07, 6.45) is 0. The molecule has 0 atom stereocenters. The summed E-state index contributed by atoms with van der Waals surface area (Å²) in [6, 6.07) is 8.34. The molecule has 2 rings (SSSR count). The van der Waals surface area contributed by atoms with Crippen LogP contribution in [0.2, 0.25) is 0 Å². The summed E-state index contributed by atoms with van der Waals surface area (Å²) in [5.74, 6) is -0.205. The molecule has 1 aromatic carbocycles. The molecule has 1 nitrogen and oxygen atoms in total. The van der Waals surface area contributed by atoms with E-state index >= 15 is 0 Å². The number of carbonyl (C=O) groups is 1. The van der Waals surface area contributed by atoms with Crippen molar-refractivity contribution in [1.82, 2.24) is 0 Å². The number of ketones is 1. The minimum atomic E-state index is -0.252. The Hall–Kier alpha value is -1.48. The summed E-state index contributed by atoms with van der Waals surface area (Å²) in [7, 11) is 0. The number of hydrogen-bond donors (Lipinski definition) is 0. The van der Waals surface area contributed by atoms with Crippen LogP contribution in [-0.4, -0.2) is 5.78 Å². The van der Waals surface area contributed by atoms with Gasteiger partial charge in [0.1, 0.15) is 5.82 Å². The molecule has 16 heavy (non-hydrogen) atoms. The Morgan fingerprint density at radius 2 is 2.00 bits per heavy atom. The molecular weight excluding hydrogens is 223 g/mol. The number of rotatable bonds is 2. The van der Waals surface area contributed by atoms with Crippen molar-refractivity contribution in [1.29, 1.82) is 0 Å². The number of thiophene rings is 1. The lowest BCUT2D eigenvalue weighted by molar-refractivity contribution is 0.102. The van der Waals surface area contributed by atoms with E-state index in [-0.39, 0.29) is 11.6 Å². The molecule has 0 aliphatic carbocycles. The topological polar surface area (TPSA) is 17.1 Å². The van der Waals surface area contributed by atoms with E-state index in [1.807, 2.05) is 13.0 Å². The molecule has 0 aliphatic heterocycles. The van der Waals surface area contributed by atoms with Crippen LogP contribution in [0.1, 0.15) is 22.2 Å². The minimum Gasteiger partial charge on any atom is -0.294 e. The smallest absolute Gasteiger partial charge is 0.169 e. The fourth-order valence-electron chi connectivity index (χ4n) is 1.53. The van der Waals surface area contributed by atoms with Crippen molar-refractivity contribution in [3.63, 3.8) is 0 Å². The highest BCUT2D eigenvalue weighted by Crippen LogP contribution is 2.31. The maximum absolute atomic E-state index is 13.1. The van der Waals surface area contributed by atoms with Gasteiger partial charge in [-0.25, -0.2) is 4.39 Å². The lowest BCUT2D eigenvalue weighted by atomic mass is 10.1. The Kier molecular flexibility index (Phi) is 2.88. The van der Waals surface area contributed by atoms with Crippen LogP contribution in [0.15, 0.2) is 30.3 Å². The summed E-state index contributed by atoms with van der Waals surface area (Å²) < 4.78 is 13.1. The summed E-state index contributed by atoms with van der Waals surface area (Å²) >= 11 is 1.40. The van der Waals surface area contributed by atoms with E-state index in [4.69, 9.17) is 0 Å². The average Bonchev–Trinajstić information content (AvgIpc) is 2.70. The highest BCUT2D eigenvalue weighted by atomic mass is 32.1. The second kappa shape index (κ2) is 4.18. The predicted molar refractivity (Wildman–Crippen MR) is 64.5 cm³/mol. The first kappa shape index (κ1) is 11.0. The Labute approximate surface area is 97.6 Å². The summed E-state index contributed by atoms with van der Waals surface area (Å²) in [5, 5.41) is 0. The van der Waals surface area contributed by atoms with E-state index in [9.17, 15) is 9.18 Å². The first-order chi connectivity index (χ1) is 7.58. The van der Waals surface area contributed by atoms with Crippen LogP contribution < -0.4 is 0 Å². The summed E-state index contributed by atoms with van der Waals surface area (Å²) in [5.41, 5.74) is 1.87. The lowest BCUT2D eigenvalue weighted by Crippen LogP contribution is -1.84. The van der Waals surface area contributed by atoms with Crippen molar-refractivity contribution >= 4 is 17.1 Å². The third kappa shape index (κ3) is 2.04. The van der Waals surface area contributed by atoms with Crippen LogP contribution in [0.3, 0.4) is 0 Å². The molecule has 1 aromatic heterocycles. The lowest BCUT2D eigenvalue weighted by Gasteiger charge is -2.02. The molecule has 0 radical (unpaired) electrons. The molecule has 0 amide bonds. The van der Waals surface area contributed by atoms with Crippen molar-refractivity contribution in [3.8, 4) is 10.4 Å². The van der Waals surface area contributed by atoms with Gasteiger partial charge in [-0.05, 0) is 49.2 Å². The molecule has 0 spiro atoms. The zero-order valence-electron chi connectivity index (χ0n) is 9.08. The minimum absolute atomic E-state index is 0.0466. The van der Waals surface area contributed by atoms with Gasteiger partial charge in [0.2, 0.25) is 0 Å². The fraction of sp³-hybridized carbons (Fsp3) is 0.154. The first-order valence-corrected chi connectivity index (χ1v) is 5.77. The maximum atomic E-state index is 13.1. The Morgan fingerprint density at radius 1 is 1.25 bits per heavy atom. The number of benzene rings is 1. The molecule has 0 saturated carbocycles. The number of carbonyl (C=O) groups excluding carboxylic acids is 1. The van der Waals surface area contributed by atoms with Crippen LogP contribution >= 0.6 is 11.3 Å². The van der Waals surface area contributed by atoms with Crippen molar-refractivity contribution < 1.29 is 9.18 Å². The van der Waals surface area contributed by atoms with Crippen molar-refractivity contribution in [2.45, 2.75) is 13.8 Å². The van der Waals surface area contributed by atoms with Gasteiger partial charge < -0.3 is 0 Å². The monoisotopic (exact) mass is 234 g/mol. The molecule has 0 N–H and O–H groups in total. The highest BCUT2D eigenvalue weighted by molar-refractivity contribution is 7.17. The molecule has 3 heteroatoms. The fourth-order valence-corrected chi connectivity index (χ4v) is 2.51. The predicted octanol–water partition coefficient (Wildman–Crippen LogP) is 4.07. The molecule has 1 heterocycles. The Bertz CT molecular complexity index is 543. The van der Waals surface area contributed by atoms with Gasteiger partial charge in [0, 0.05) is 4.88 Å². The van der Waals surface area contributed by atoms with Gasteiger partial charge in [-0.2, -0.15) is 0 Å². The standard InChI is InChI=1S/C13H11FOS/c1-8-3-4-10(14)7-11(8)13-6-5-12(16-13)9(2)15/h3-7H,1-2H3. The molecule has 0 unspecified atom stereocenters. The van der Waals surface area contributed by atoms with E-state index in [1.165, 1.54) is 30.4 Å². The van der Waals surface area contributed by atoms with Gasteiger partial charge in [0.05, 0.1) is 4.88 Å². The van der Waals surface area contributed by atoms with Gasteiger partial charge in [-0.15, -0.1) is 11.3 Å². The summed E-state index contributed by atoms with van der Waals surface area (Å²) in [6.45, 7) is 3.47. The highest BCUT2D eigenvalue weighted by Gasteiger charge is 2.08. The quantitative estimate of drug-likeness (QED) is 0.716. The Morgan fingerprint density at radius 3 is 2.62 bits per heavy atom. The van der Waals surface area contributed by atoms with Crippen LogP contribution in [0.5, 0.6) is 0 Å².